The van der Waals surface area contributed by atoms with E-state index < -0.39 is 5.92 Å². The quantitative estimate of drug-likeness (QED) is 0.754. The average molecular weight is 218 g/mol. The second-order valence-corrected chi connectivity index (χ2v) is 3.30. The SMILES string of the molecule is O=C1C=CC=CC1C(=O)COc1ccn[nH]1. The smallest absolute Gasteiger partial charge is 0.209 e. The zero-order valence-electron chi connectivity index (χ0n) is 8.42. The first kappa shape index (κ1) is 10.4. The summed E-state index contributed by atoms with van der Waals surface area (Å²) in [5.41, 5.74) is 0. The van der Waals surface area contributed by atoms with Gasteiger partial charge in [-0.25, -0.2) is 5.10 Å². The zero-order chi connectivity index (χ0) is 11.4. The Morgan fingerprint density at radius 2 is 2.38 bits per heavy atom. The van der Waals surface area contributed by atoms with Crippen LogP contribution in [0.2, 0.25) is 0 Å². The molecule has 0 aromatic carbocycles. The minimum atomic E-state index is -0.715. The van der Waals surface area contributed by atoms with E-state index in [1.165, 1.54) is 12.3 Å². The number of aromatic amines is 1. The van der Waals surface area contributed by atoms with Gasteiger partial charge in [-0.1, -0.05) is 18.2 Å². The fourth-order valence-electron chi connectivity index (χ4n) is 1.35. The van der Waals surface area contributed by atoms with E-state index in [1.54, 1.807) is 24.3 Å². The molecule has 1 heterocycles. The highest BCUT2D eigenvalue weighted by molar-refractivity contribution is 6.10. The van der Waals surface area contributed by atoms with Crippen molar-refractivity contribution in [2.45, 2.75) is 0 Å². The van der Waals surface area contributed by atoms with E-state index in [1.807, 2.05) is 0 Å². The van der Waals surface area contributed by atoms with E-state index >= 15 is 0 Å². The number of allylic oxidation sites excluding steroid dienone is 4. The number of hydrogen-bond acceptors (Lipinski definition) is 4. The number of H-pyrrole nitrogens is 1. The van der Waals surface area contributed by atoms with Gasteiger partial charge < -0.3 is 4.74 Å². The fourth-order valence-corrected chi connectivity index (χ4v) is 1.35. The minimum Gasteiger partial charge on any atom is -0.470 e. The van der Waals surface area contributed by atoms with Gasteiger partial charge in [0, 0.05) is 6.07 Å². The number of aromatic nitrogens is 2. The standard InChI is InChI=1S/C11H10N2O3/c14-9-4-2-1-3-8(9)10(15)7-16-11-5-6-12-13-11/h1-6,8H,7H2,(H,12,13). The third kappa shape index (κ3) is 2.25. The van der Waals surface area contributed by atoms with Crippen molar-refractivity contribution in [2.75, 3.05) is 6.61 Å². The number of carbonyl (C=O) groups is 2. The van der Waals surface area contributed by atoms with Crippen molar-refractivity contribution in [3.63, 3.8) is 0 Å². The number of ketones is 2. The molecule has 1 N–H and O–H groups in total. The Bertz CT molecular complexity index is 446. The maximum atomic E-state index is 11.6. The van der Waals surface area contributed by atoms with Crippen LogP contribution in [0.5, 0.6) is 5.88 Å². The van der Waals surface area contributed by atoms with Gasteiger partial charge in [-0.3, -0.25) is 9.59 Å². The summed E-state index contributed by atoms with van der Waals surface area (Å²) in [7, 11) is 0. The maximum absolute atomic E-state index is 11.6. The number of hydrogen-bond donors (Lipinski definition) is 1. The van der Waals surface area contributed by atoms with Crippen LogP contribution >= 0.6 is 0 Å². The molecular weight excluding hydrogens is 208 g/mol. The summed E-state index contributed by atoms with van der Waals surface area (Å²) >= 11 is 0. The summed E-state index contributed by atoms with van der Waals surface area (Å²) in [6, 6.07) is 1.60. The highest BCUT2D eigenvalue weighted by Gasteiger charge is 2.23. The third-order valence-corrected chi connectivity index (χ3v) is 2.17. The Labute approximate surface area is 91.8 Å². The van der Waals surface area contributed by atoms with Gasteiger partial charge in [0.05, 0.1) is 6.20 Å². The van der Waals surface area contributed by atoms with Crippen molar-refractivity contribution in [3.05, 3.63) is 36.6 Å². The molecule has 0 saturated heterocycles. The second-order valence-electron chi connectivity index (χ2n) is 3.30. The molecule has 2 rings (SSSR count). The van der Waals surface area contributed by atoms with Gasteiger partial charge in [-0.05, 0) is 6.08 Å². The molecule has 82 valence electrons. The number of nitrogens with one attached hydrogen (secondary N) is 1. The van der Waals surface area contributed by atoms with Crippen molar-refractivity contribution < 1.29 is 14.3 Å². The van der Waals surface area contributed by atoms with Crippen LogP contribution < -0.4 is 4.74 Å². The molecule has 1 aliphatic rings. The molecule has 0 saturated carbocycles. The van der Waals surface area contributed by atoms with Gasteiger partial charge in [-0.15, -0.1) is 0 Å². The van der Waals surface area contributed by atoms with E-state index in [-0.39, 0.29) is 18.2 Å². The van der Waals surface area contributed by atoms with E-state index in [0.29, 0.717) is 5.88 Å². The summed E-state index contributed by atoms with van der Waals surface area (Å²) in [4.78, 5) is 23.0. The minimum absolute atomic E-state index is 0.142. The molecule has 1 unspecified atom stereocenters. The number of ether oxygens (including phenoxy) is 1. The molecule has 5 heteroatoms. The molecule has 0 fully saturated rings. The summed E-state index contributed by atoms with van der Waals surface area (Å²) in [6.07, 6.45) is 7.77. The Balaban J connectivity index is 1.91. The Morgan fingerprint density at radius 1 is 1.50 bits per heavy atom. The molecule has 16 heavy (non-hydrogen) atoms. The van der Waals surface area contributed by atoms with Crippen molar-refractivity contribution in [1.29, 1.82) is 0 Å². The molecule has 1 atom stereocenters. The molecular formula is C11H10N2O3. The van der Waals surface area contributed by atoms with Crippen LogP contribution in [0.4, 0.5) is 0 Å². The first-order valence-corrected chi connectivity index (χ1v) is 4.81. The lowest BCUT2D eigenvalue weighted by Crippen LogP contribution is -2.27. The topological polar surface area (TPSA) is 72.1 Å². The predicted molar refractivity (Wildman–Crippen MR) is 55.9 cm³/mol. The van der Waals surface area contributed by atoms with Crippen LogP contribution in [0, 0.1) is 5.92 Å². The highest BCUT2D eigenvalue weighted by atomic mass is 16.5. The van der Waals surface area contributed by atoms with E-state index in [9.17, 15) is 9.59 Å². The van der Waals surface area contributed by atoms with Crippen LogP contribution in [0.1, 0.15) is 0 Å². The second kappa shape index (κ2) is 4.57. The lowest BCUT2D eigenvalue weighted by Gasteiger charge is -2.10. The maximum Gasteiger partial charge on any atom is 0.209 e. The van der Waals surface area contributed by atoms with Gasteiger partial charge in [0.1, 0.15) is 12.5 Å². The van der Waals surface area contributed by atoms with E-state index in [0.717, 1.165) is 0 Å². The molecule has 0 spiro atoms. The molecule has 0 aliphatic heterocycles. The largest absolute Gasteiger partial charge is 0.470 e. The summed E-state index contributed by atoms with van der Waals surface area (Å²) in [5, 5.41) is 6.24. The Morgan fingerprint density at radius 3 is 3.06 bits per heavy atom. The van der Waals surface area contributed by atoms with Gasteiger partial charge >= 0.3 is 0 Å². The number of rotatable bonds is 4. The molecule has 1 aromatic heterocycles. The van der Waals surface area contributed by atoms with Crippen molar-refractivity contribution in [3.8, 4) is 5.88 Å². The van der Waals surface area contributed by atoms with Crippen LogP contribution in [0.25, 0.3) is 0 Å². The van der Waals surface area contributed by atoms with E-state index in [4.69, 9.17) is 4.74 Å². The van der Waals surface area contributed by atoms with Gasteiger partial charge in [-0.2, -0.15) is 5.10 Å². The molecule has 5 nitrogen and oxygen atoms in total. The monoisotopic (exact) mass is 218 g/mol. The summed E-state index contributed by atoms with van der Waals surface area (Å²) in [5.74, 6) is -0.773. The Kier molecular flexibility index (Phi) is 2.95. The number of Topliss-reactive ketones (excluding diaryl/α,β-unsaturated/α-hetero) is 1. The molecule has 0 radical (unpaired) electrons. The fraction of sp³-hybridized carbons (Fsp3) is 0.182. The highest BCUT2D eigenvalue weighted by Crippen LogP contribution is 2.10. The zero-order valence-corrected chi connectivity index (χ0v) is 8.42. The lowest BCUT2D eigenvalue weighted by molar-refractivity contribution is -0.129. The molecule has 0 amide bonds. The first-order valence-electron chi connectivity index (χ1n) is 4.81. The predicted octanol–water partition coefficient (Wildman–Crippen LogP) is 0.669. The van der Waals surface area contributed by atoms with Crippen LogP contribution in [-0.4, -0.2) is 28.4 Å². The van der Waals surface area contributed by atoms with Crippen LogP contribution in [0.3, 0.4) is 0 Å². The summed E-state index contributed by atoms with van der Waals surface area (Å²) in [6.45, 7) is -0.142. The Hall–Kier alpha value is -2.17. The molecule has 1 aliphatic carbocycles. The number of nitrogens with zero attached hydrogens (tertiary/aromatic N) is 1. The van der Waals surface area contributed by atoms with Crippen molar-refractivity contribution >= 4 is 11.6 Å². The van der Waals surface area contributed by atoms with Crippen LogP contribution in [-0.2, 0) is 9.59 Å². The average Bonchev–Trinajstić information content (AvgIpc) is 2.79. The van der Waals surface area contributed by atoms with Gasteiger partial charge in [0.15, 0.2) is 11.6 Å². The molecule has 1 aromatic rings. The van der Waals surface area contributed by atoms with Gasteiger partial charge in [0.25, 0.3) is 0 Å². The summed E-state index contributed by atoms with van der Waals surface area (Å²) < 4.78 is 5.13. The lowest BCUT2D eigenvalue weighted by atomic mass is 9.95. The normalized spacial score (nSPS) is 18.8. The third-order valence-electron chi connectivity index (χ3n) is 2.17. The number of carbonyl (C=O) groups excluding carboxylic acids is 2. The van der Waals surface area contributed by atoms with E-state index in [2.05, 4.69) is 10.2 Å². The van der Waals surface area contributed by atoms with Crippen LogP contribution in [0.15, 0.2) is 36.6 Å². The molecule has 0 bridgehead atoms. The first-order chi connectivity index (χ1) is 7.77. The van der Waals surface area contributed by atoms with Crippen molar-refractivity contribution in [2.24, 2.45) is 5.92 Å². The van der Waals surface area contributed by atoms with Crippen molar-refractivity contribution in [1.82, 2.24) is 10.2 Å². The van der Waals surface area contributed by atoms with Gasteiger partial charge in [0.2, 0.25) is 5.88 Å².